The fourth-order valence-electron chi connectivity index (χ4n) is 9.67. The number of aromatic hydroxyl groups is 1. The van der Waals surface area contributed by atoms with Crippen molar-refractivity contribution in [2.45, 2.75) is 97.1 Å². The Labute approximate surface area is 430 Å². The molecule has 2 aromatic heterocycles. The van der Waals surface area contributed by atoms with Crippen LogP contribution in [0.4, 0.5) is 17.2 Å². The van der Waals surface area contributed by atoms with Crippen molar-refractivity contribution in [2.24, 2.45) is 5.41 Å². The zero-order valence-corrected chi connectivity index (χ0v) is 43.1. The van der Waals surface area contributed by atoms with Crippen LogP contribution in [0.3, 0.4) is 0 Å². The van der Waals surface area contributed by atoms with E-state index in [9.17, 15) is 29.4 Å². The number of aryl methyl sites for hydroxylation is 1. The second-order valence-electron chi connectivity index (χ2n) is 20.2. The third kappa shape index (κ3) is 13.0. The summed E-state index contributed by atoms with van der Waals surface area (Å²) in [7, 11) is 0. The monoisotopic (exact) mass is 1020 g/mol. The fraction of sp³-hybridized carbons (Fsp3) is 0.463. The molecule has 0 aliphatic carbocycles. The van der Waals surface area contributed by atoms with Gasteiger partial charge in [-0.15, -0.1) is 21.5 Å². The summed E-state index contributed by atoms with van der Waals surface area (Å²) >= 11 is 1.57. The van der Waals surface area contributed by atoms with Crippen LogP contribution in [0.1, 0.15) is 77.1 Å². The molecule has 3 fully saturated rings. The molecule has 388 valence electrons. The van der Waals surface area contributed by atoms with E-state index in [4.69, 9.17) is 15.2 Å². The Morgan fingerprint density at radius 2 is 1.58 bits per heavy atom. The van der Waals surface area contributed by atoms with Gasteiger partial charge in [-0.1, -0.05) is 57.2 Å². The van der Waals surface area contributed by atoms with Gasteiger partial charge in [0.1, 0.15) is 29.6 Å². The largest absolute Gasteiger partial charge is 0.507 e. The molecular weight excluding hydrogens is 949 g/mol. The van der Waals surface area contributed by atoms with Crippen molar-refractivity contribution >= 4 is 52.2 Å². The number of nitrogens with zero attached hydrogens (tertiary/aromatic N) is 7. The van der Waals surface area contributed by atoms with Gasteiger partial charge < -0.3 is 55.7 Å². The van der Waals surface area contributed by atoms with Crippen molar-refractivity contribution in [1.82, 2.24) is 35.6 Å². The average molecular weight is 1020 g/mol. The molecule has 5 atom stereocenters. The molecule has 18 nitrogen and oxygen atoms in total. The SMILES string of the molecule is Cc1ncsc1-c1ccc([C@@H](C)NC(=O)[C@H]2C[C@H](O)CN2C(=O)[C@H](NC(=O)CCOCCC(=O)N2CCN(c3ccc(N4CCCC(Oc5cc(-c6ccccc6O)nnc5N)C4)cc3)CC2)C(C)(C)C)cc1. The Kier molecular flexibility index (Phi) is 16.8. The number of hydrogen-bond acceptors (Lipinski definition) is 15. The molecule has 0 spiro atoms. The molecule has 3 aromatic carbocycles. The number of anilines is 3. The summed E-state index contributed by atoms with van der Waals surface area (Å²) in [4.78, 5) is 67.5. The van der Waals surface area contributed by atoms with E-state index in [-0.39, 0.29) is 74.5 Å². The van der Waals surface area contributed by atoms with E-state index in [2.05, 4.69) is 59.9 Å². The van der Waals surface area contributed by atoms with Crippen LogP contribution < -0.4 is 30.9 Å². The zero-order valence-electron chi connectivity index (χ0n) is 42.3. The molecule has 5 aromatic rings. The minimum absolute atomic E-state index is 0.0147. The Hall–Kier alpha value is -6.83. The molecule has 19 heteroatoms. The average Bonchev–Trinajstić information content (AvgIpc) is 4.01. The number of aromatic nitrogens is 3. The van der Waals surface area contributed by atoms with Crippen molar-refractivity contribution in [3.8, 4) is 33.2 Å². The van der Waals surface area contributed by atoms with Gasteiger partial charge in [0.15, 0.2) is 11.6 Å². The number of rotatable bonds is 17. The number of para-hydroxylation sites is 1. The lowest BCUT2D eigenvalue weighted by Gasteiger charge is -2.37. The number of ether oxygens (including phenoxy) is 2. The van der Waals surface area contributed by atoms with E-state index < -0.39 is 35.4 Å². The van der Waals surface area contributed by atoms with Crippen LogP contribution in [0.25, 0.3) is 21.7 Å². The summed E-state index contributed by atoms with van der Waals surface area (Å²) in [6.45, 7) is 13.7. The van der Waals surface area contributed by atoms with Gasteiger partial charge in [0, 0.05) is 75.1 Å². The lowest BCUT2D eigenvalue weighted by Crippen LogP contribution is -2.58. The first kappa shape index (κ1) is 52.5. The highest BCUT2D eigenvalue weighted by Crippen LogP contribution is 2.34. The van der Waals surface area contributed by atoms with Crippen molar-refractivity contribution in [2.75, 3.05) is 74.6 Å². The minimum Gasteiger partial charge on any atom is -0.507 e. The number of piperazine rings is 1. The number of phenols is 1. The van der Waals surface area contributed by atoms with Crippen LogP contribution in [-0.2, 0) is 23.9 Å². The topological polar surface area (TPSA) is 229 Å². The number of phenolic OH excluding ortho intramolecular Hbond substituents is 1. The molecule has 3 saturated heterocycles. The molecule has 3 aliphatic heterocycles. The molecule has 4 amide bonds. The predicted octanol–water partition coefficient (Wildman–Crippen LogP) is 5.73. The number of β-amino-alcohol motifs (C(OH)–C–C–N with tert-alkyl or cyclic N) is 1. The number of piperidine rings is 1. The summed E-state index contributed by atoms with van der Waals surface area (Å²) < 4.78 is 12.1. The lowest BCUT2D eigenvalue weighted by molar-refractivity contribution is -0.144. The molecule has 8 rings (SSSR count). The maximum atomic E-state index is 14.1. The highest BCUT2D eigenvalue weighted by molar-refractivity contribution is 7.13. The molecule has 1 unspecified atom stereocenters. The van der Waals surface area contributed by atoms with E-state index >= 15 is 0 Å². The standard InChI is InChI=1S/C54H68N10O8S/c1-34(36-12-14-37(15-13-36)49-35(2)56-33-73-49)57-52(69)44-29-40(65)31-64(44)53(70)50(54(3,4)5)58-47(67)20-27-71-28-21-48(68)62-25-23-61(24-26-62)38-16-18-39(19-17-38)63-22-8-9-41(32-63)72-46-30-43(59-60-51(46)55)42-10-6-7-11-45(42)66/h6-7,10-19,30,33-34,40-41,44,50,65-66H,8-9,20-29,31-32H2,1-5H3,(H2,55,60)(H,57,69)(H,58,67)/t34-,40+,41?,44-,50+/m1/s1. The van der Waals surface area contributed by atoms with Gasteiger partial charge in [-0.2, -0.15) is 0 Å². The number of thiazole rings is 1. The number of benzene rings is 3. The summed E-state index contributed by atoms with van der Waals surface area (Å²) in [5.41, 5.74) is 13.4. The first-order valence-corrected chi connectivity index (χ1v) is 26.0. The third-order valence-corrected chi connectivity index (χ3v) is 14.8. The number of aliphatic hydroxyl groups excluding tert-OH is 1. The van der Waals surface area contributed by atoms with E-state index in [0.717, 1.165) is 52.5 Å². The molecule has 0 bridgehead atoms. The number of nitrogens with two attached hydrogens (primary N) is 1. The fourth-order valence-corrected chi connectivity index (χ4v) is 10.5. The van der Waals surface area contributed by atoms with Crippen molar-refractivity contribution in [3.63, 3.8) is 0 Å². The molecule has 6 N–H and O–H groups in total. The smallest absolute Gasteiger partial charge is 0.246 e. The number of amides is 4. The van der Waals surface area contributed by atoms with Gasteiger partial charge in [-0.3, -0.25) is 19.2 Å². The summed E-state index contributed by atoms with van der Waals surface area (Å²) in [5.74, 6) is -0.484. The van der Waals surface area contributed by atoms with E-state index in [1.54, 1.807) is 35.6 Å². The summed E-state index contributed by atoms with van der Waals surface area (Å²) in [6.07, 6.45) is 1.04. The third-order valence-electron chi connectivity index (χ3n) is 13.8. The van der Waals surface area contributed by atoms with Crippen LogP contribution in [0.15, 0.2) is 84.4 Å². The maximum absolute atomic E-state index is 14.1. The quantitative estimate of drug-likeness (QED) is 0.0702. The number of carbonyl (C=O) groups excluding carboxylic acids is 4. The zero-order chi connectivity index (χ0) is 51.8. The molecule has 0 radical (unpaired) electrons. The van der Waals surface area contributed by atoms with Crippen molar-refractivity contribution < 1.29 is 38.9 Å². The Morgan fingerprint density at radius 1 is 0.877 bits per heavy atom. The number of nitrogens with one attached hydrogen (secondary N) is 2. The molecule has 5 heterocycles. The number of carbonyl (C=O) groups is 4. The molecule has 3 aliphatic rings. The van der Waals surface area contributed by atoms with Gasteiger partial charge >= 0.3 is 0 Å². The van der Waals surface area contributed by atoms with Gasteiger partial charge in [-0.25, -0.2) is 4.98 Å². The predicted molar refractivity (Wildman–Crippen MR) is 281 cm³/mol. The lowest BCUT2D eigenvalue weighted by atomic mass is 9.85. The van der Waals surface area contributed by atoms with Crippen LogP contribution in [0.5, 0.6) is 11.5 Å². The Morgan fingerprint density at radius 3 is 2.26 bits per heavy atom. The Bertz CT molecular complexity index is 2710. The van der Waals surface area contributed by atoms with Gasteiger partial charge in [-0.05, 0) is 79.6 Å². The minimum atomic E-state index is -0.965. The molecular formula is C54H68N10O8S. The van der Waals surface area contributed by atoms with Gasteiger partial charge in [0.05, 0.1) is 54.4 Å². The molecule has 73 heavy (non-hydrogen) atoms. The Balaban J connectivity index is 0.742. The van der Waals surface area contributed by atoms with Crippen LogP contribution in [0, 0.1) is 12.3 Å². The molecule has 0 saturated carbocycles. The second kappa shape index (κ2) is 23.4. The van der Waals surface area contributed by atoms with Crippen molar-refractivity contribution in [3.05, 3.63) is 95.6 Å². The number of nitrogen functional groups attached to an aromatic ring is 1. The number of hydrogen-bond donors (Lipinski definition) is 5. The number of likely N-dealkylation sites (tertiary alicyclic amines) is 1. The normalized spacial score (nSPS) is 19.1. The highest BCUT2D eigenvalue weighted by atomic mass is 32.1. The van der Waals surface area contributed by atoms with Crippen molar-refractivity contribution in [1.29, 1.82) is 0 Å². The first-order chi connectivity index (χ1) is 35.0. The van der Waals surface area contributed by atoms with Crippen LogP contribution >= 0.6 is 11.3 Å². The van der Waals surface area contributed by atoms with Crippen LogP contribution in [-0.4, -0.2) is 142 Å². The van der Waals surface area contributed by atoms with E-state index in [0.29, 0.717) is 49.7 Å². The second-order valence-corrected chi connectivity index (χ2v) is 21.1. The van der Waals surface area contributed by atoms with Gasteiger partial charge in [0.25, 0.3) is 0 Å². The first-order valence-electron chi connectivity index (χ1n) is 25.1. The van der Waals surface area contributed by atoms with E-state index in [1.165, 1.54) is 4.90 Å². The summed E-state index contributed by atoms with van der Waals surface area (Å²) in [5, 5.41) is 35.2. The number of aliphatic hydroxyl groups is 1. The van der Waals surface area contributed by atoms with Gasteiger partial charge in [0.2, 0.25) is 23.6 Å². The summed E-state index contributed by atoms with van der Waals surface area (Å²) in [6, 6.07) is 22.8. The van der Waals surface area contributed by atoms with Crippen LogP contribution in [0.2, 0.25) is 0 Å². The van der Waals surface area contributed by atoms with E-state index in [1.807, 2.05) is 75.4 Å². The maximum Gasteiger partial charge on any atom is 0.246 e. The highest BCUT2D eigenvalue weighted by Gasteiger charge is 2.45.